The number of nitrogens with zero attached hydrogens (tertiary/aromatic N) is 1. The van der Waals surface area contributed by atoms with Crippen molar-refractivity contribution in [2.24, 2.45) is 0 Å². The lowest BCUT2D eigenvalue weighted by Gasteiger charge is -2.14. The number of carbonyl (C=O) groups excluding carboxylic acids is 1. The molecule has 2 aliphatic heterocycles. The lowest BCUT2D eigenvalue weighted by molar-refractivity contribution is -0.116. The summed E-state index contributed by atoms with van der Waals surface area (Å²) in [6.45, 7) is 2.54. The molecule has 0 aliphatic carbocycles. The Morgan fingerprint density at radius 1 is 1.50 bits per heavy atom. The van der Waals surface area contributed by atoms with Crippen molar-refractivity contribution in [2.75, 3.05) is 33.8 Å². The molecule has 118 valence electrons. The van der Waals surface area contributed by atoms with Gasteiger partial charge in [0, 0.05) is 19.5 Å². The first-order valence-corrected chi connectivity index (χ1v) is 8.33. The lowest BCUT2D eigenvalue weighted by atomic mass is 10.1. The van der Waals surface area contributed by atoms with Gasteiger partial charge in [-0.1, -0.05) is 17.8 Å². The molecule has 1 aromatic carbocycles. The van der Waals surface area contributed by atoms with Crippen LogP contribution in [0.3, 0.4) is 0 Å². The van der Waals surface area contributed by atoms with Crippen LogP contribution in [-0.4, -0.2) is 50.1 Å². The van der Waals surface area contributed by atoms with E-state index >= 15 is 0 Å². The van der Waals surface area contributed by atoms with Crippen LogP contribution in [0.2, 0.25) is 0 Å². The highest BCUT2D eigenvalue weighted by atomic mass is 32.2. The first-order valence-electron chi connectivity index (χ1n) is 7.45. The maximum atomic E-state index is 12.0. The van der Waals surface area contributed by atoms with Gasteiger partial charge in [-0.05, 0) is 43.4 Å². The summed E-state index contributed by atoms with van der Waals surface area (Å²) in [5, 5.41) is 6.28. The largest absolute Gasteiger partial charge is 0.493 e. The highest BCUT2D eigenvalue weighted by Gasteiger charge is 2.26. The van der Waals surface area contributed by atoms with Crippen LogP contribution in [0, 0.1) is 0 Å². The number of rotatable bonds is 5. The van der Waals surface area contributed by atoms with Gasteiger partial charge in [-0.25, -0.2) is 0 Å². The summed E-state index contributed by atoms with van der Waals surface area (Å²) in [7, 11) is 4.07. The molecule has 0 radical (unpaired) electrons. The average Bonchev–Trinajstić information content (AvgIpc) is 3.05. The van der Waals surface area contributed by atoms with Crippen LogP contribution in [0.5, 0.6) is 5.75 Å². The van der Waals surface area contributed by atoms with Gasteiger partial charge in [0.1, 0.15) is 11.2 Å². The van der Waals surface area contributed by atoms with E-state index in [1.807, 2.05) is 32.3 Å². The second kappa shape index (κ2) is 6.73. The molecule has 22 heavy (non-hydrogen) atoms. The van der Waals surface area contributed by atoms with E-state index in [4.69, 9.17) is 4.74 Å². The maximum absolute atomic E-state index is 12.0. The summed E-state index contributed by atoms with van der Waals surface area (Å²) in [5.41, 5.74) is 2.23. The highest BCUT2D eigenvalue weighted by Crippen LogP contribution is 2.30. The minimum atomic E-state index is -0.0449. The Kier molecular flexibility index (Phi) is 4.71. The van der Waals surface area contributed by atoms with E-state index in [0.29, 0.717) is 0 Å². The van der Waals surface area contributed by atoms with Crippen LogP contribution in [0.15, 0.2) is 23.1 Å². The van der Waals surface area contributed by atoms with Gasteiger partial charge in [0.25, 0.3) is 5.91 Å². The van der Waals surface area contributed by atoms with E-state index in [1.54, 1.807) is 0 Å². The van der Waals surface area contributed by atoms with Crippen molar-refractivity contribution in [1.82, 2.24) is 15.5 Å². The van der Waals surface area contributed by atoms with Crippen LogP contribution in [0.1, 0.15) is 11.1 Å². The molecule has 1 aromatic rings. The zero-order valence-electron chi connectivity index (χ0n) is 12.9. The fourth-order valence-electron chi connectivity index (χ4n) is 2.46. The van der Waals surface area contributed by atoms with Crippen molar-refractivity contribution >= 4 is 23.7 Å². The number of hydrogen-bond acceptors (Lipinski definition) is 5. The number of thioether (sulfide) groups is 1. The average molecular weight is 319 g/mol. The summed E-state index contributed by atoms with van der Waals surface area (Å²) in [4.78, 5) is 14.9. The van der Waals surface area contributed by atoms with Crippen molar-refractivity contribution < 1.29 is 9.53 Å². The van der Waals surface area contributed by atoms with Crippen LogP contribution < -0.4 is 15.4 Å². The monoisotopic (exact) mass is 319 g/mol. The fraction of sp³-hybridized carbons (Fsp3) is 0.438. The number of hydrogen-bond donors (Lipinski definition) is 2. The van der Waals surface area contributed by atoms with E-state index in [-0.39, 0.29) is 11.4 Å². The van der Waals surface area contributed by atoms with Crippen LogP contribution >= 0.6 is 11.8 Å². The van der Waals surface area contributed by atoms with Gasteiger partial charge in [0.05, 0.1) is 11.5 Å². The Morgan fingerprint density at radius 3 is 3.18 bits per heavy atom. The molecule has 0 aromatic heterocycles. The molecule has 0 saturated carbocycles. The van der Waals surface area contributed by atoms with E-state index in [2.05, 4.69) is 21.6 Å². The standard InChI is InChI=1S/C16H21N3O2S/c1-19(2)7-6-17-16-18-15(20)14(22-16)10-11-3-4-13-12(9-11)5-8-21-13/h3-4,9-10,16-17H,5-8H2,1-2H3,(H,18,20)/b14-10-. The van der Waals surface area contributed by atoms with Gasteiger partial charge < -0.3 is 15.0 Å². The number of fused-ring (bicyclic) bond motifs is 1. The Balaban J connectivity index is 1.63. The minimum absolute atomic E-state index is 0.0101. The van der Waals surface area contributed by atoms with E-state index in [0.717, 1.165) is 42.3 Å². The third-order valence-electron chi connectivity index (χ3n) is 3.63. The molecule has 1 atom stereocenters. The first kappa shape index (κ1) is 15.4. The molecule has 1 amide bonds. The van der Waals surface area contributed by atoms with Crippen molar-refractivity contribution in [1.29, 1.82) is 0 Å². The molecule has 5 nitrogen and oxygen atoms in total. The zero-order valence-corrected chi connectivity index (χ0v) is 13.7. The second-order valence-electron chi connectivity index (χ2n) is 5.70. The number of ether oxygens (including phenoxy) is 1. The molecule has 2 N–H and O–H groups in total. The van der Waals surface area contributed by atoms with Gasteiger partial charge in [0.2, 0.25) is 0 Å². The molecule has 1 fully saturated rings. The van der Waals surface area contributed by atoms with Crippen molar-refractivity contribution in [3.8, 4) is 5.75 Å². The van der Waals surface area contributed by atoms with E-state index < -0.39 is 0 Å². The number of amides is 1. The molecule has 2 aliphatic rings. The smallest absolute Gasteiger partial charge is 0.259 e. The summed E-state index contributed by atoms with van der Waals surface area (Å²) in [5.74, 6) is 0.956. The Hall–Kier alpha value is -1.50. The summed E-state index contributed by atoms with van der Waals surface area (Å²) in [6.07, 6.45) is 2.90. The number of nitrogens with one attached hydrogen (secondary N) is 2. The third-order valence-corrected chi connectivity index (χ3v) is 4.71. The van der Waals surface area contributed by atoms with Crippen LogP contribution in [0.25, 0.3) is 6.08 Å². The van der Waals surface area contributed by atoms with Crippen molar-refractivity contribution in [2.45, 2.75) is 11.9 Å². The van der Waals surface area contributed by atoms with E-state index in [9.17, 15) is 4.79 Å². The number of carbonyl (C=O) groups is 1. The van der Waals surface area contributed by atoms with Gasteiger partial charge in [-0.15, -0.1) is 0 Å². The van der Waals surface area contributed by atoms with Crippen molar-refractivity contribution in [3.63, 3.8) is 0 Å². The topological polar surface area (TPSA) is 53.6 Å². The summed E-state index contributed by atoms with van der Waals surface area (Å²) >= 11 is 1.54. The fourth-order valence-corrected chi connectivity index (χ4v) is 3.45. The van der Waals surface area contributed by atoms with Gasteiger partial charge in [-0.2, -0.15) is 0 Å². The molecule has 6 heteroatoms. The quantitative estimate of drug-likeness (QED) is 0.800. The van der Waals surface area contributed by atoms with Gasteiger partial charge in [-0.3, -0.25) is 10.1 Å². The normalized spacial score (nSPS) is 22.0. The van der Waals surface area contributed by atoms with Crippen LogP contribution in [0.4, 0.5) is 0 Å². The third kappa shape index (κ3) is 3.63. The molecule has 1 unspecified atom stereocenters. The van der Waals surface area contributed by atoms with Gasteiger partial charge in [0.15, 0.2) is 0 Å². The first-order chi connectivity index (χ1) is 10.6. The minimum Gasteiger partial charge on any atom is -0.493 e. The summed E-state index contributed by atoms with van der Waals surface area (Å²) < 4.78 is 5.51. The molecule has 3 rings (SSSR count). The molecule has 0 bridgehead atoms. The molecule has 1 saturated heterocycles. The van der Waals surface area contributed by atoms with Gasteiger partial charge >= 0.3 is 0 Å². The Morgan fingerprint density at radius 2 is 2.36 bits per heavy atom. The number of benzene rings is 1. The predicted octanol–water partition coefficient (Wildman–Crippen LogP) is 1.26. The lowest BCUT2D eigenvalue weighted by Crippen LogP contribution is -2.40. The Labute approximate surface area is 135 Å². The summed E-state index contributed by atoms with van der Waals surface area (Å²) in [6, 6.07) is 6.09. The predicted molar refractivity (Wildman–Crippen MR) is 89.7 cm³/mol. The SMILES string of the molecule is CN(C)CCNC1NC(=O)/C(=C/c2ccc3c(c2)CCO3)S1. The molecular formula is C16H21N3O2S. The van der Waals surface area contributed by atoms with Crippen LogP contribution in [-0.2, 0) is 11.2 Å². The number of likely N-dealkylation sites (N-methyl/N-ethyl adjacent to an activating group) is 1. The molecule has 0 spiro atoms. The zero-order chi connectivity index (χ0) is 15.5. The van der Waals surface area contributed by atoms with E-state index in [1.165, 1.54) is 17.3 Å². The molecular weight excluding hydrogens is 298 g/mol. The highest BCUT2D eigenvalue weighted by molar-refractivity contribution is 8.05. The maximum Gasteiger partial charge on any atom is 0.259 e. The second-order valence-corrected chi connectivity index (χ2v) is 6.85. The molecule has 2 heterocycles. The van der Waals surface area contributed by atoms with Crippen molar-refractivity contribution in [3.05, 3.63) is 34.2 Å². The Bertz CT molecular complexity index is 601.